The van der Waals surface area contributed by atoms with E-state index >= 15 is 0 Å². The van der Waals surface area contributed by atoms with Gasteiger partial charge in [0.05, 0.1) is 7.11 Å². The van der Waals surface area contributed by atoms with Gasteiger partial charge in [-0.05, 0) is 49.2 Å². The second-order valence-electron chi connectivity index (χ2n) is 7.25. The Labute approximate surface area is 175 Å². The lowest BCUT2D eigenvalue weighted by Crippen LogP contribution is -1.95. The van der Waals surface area contributed by atoms with Gasteiger partial charge in [0.15, 0.2) is 0 Å². The van der Waals surface area contributed by atoms with E-state index in [0.717, 1.165) is 28.1 Å². The van der Waals surface area contributed by atoms with Crippen molar-refractivity contribution in [1.29, 1.82) is 0 Å². The molecule has 152 valence electrons. The third kappa shape index (κ3) is 4.01. The van der Waals surface area contributed by atoms with Gasteiger partial charge in [-0.2, -0.15) is 5.10 Å². The van der Waals surface area contributed by atoms with E-state index in [0.29, 0.717) is 23.6 Å². The first-order valence-electron chi connectivity index (χ1n) is 9.76. The standard InChI is InChI=1S/C25H24N2O3/c1-16-4-6-18(7-5-16)15-30-21-12-13-22(23(28)14-21)25-24(17(2)26-27-25)19-8-10-20(29-3)11-9-19/h4-14,28H,15H2,1-3H3,(H,26,27). The number of aromatic amines is 1. The molecule has 5 nitrogen and oxygen atoms in total. The zero-order chi connectivity index (χ0) is 21.1. The van der Waals surface area contributed by atoms with Crippen molar-refractivity contribution in [2.45, 2.75) is 20.5 Å². The zero-order valence-corrected chi connectivity index (χ0v) is 17.3. The Balaban J connectivity index is 1.59. The average Bonchev–Trinajstić information content (AvgIpc) is 3.14. The van der Waals surface area contributed by atoms with Gasteiger partial charge in [0.1, 0.15) is 29.5 Å². The predicted octanol–water partition coefficient (Wildman–Crippen LogP) is 5.65. The Morgan fingerprint density at radius 3 is 2.27 bits per heavy atom. The predicted molar refractivity (Wildman–Crippen MR) is 118 cm³/mol. The molecule has 4 aromatic rings. The van der Waals surface area contributed by atoms with Crippen LogP contribution in [0.3, 0.4) is 0 Å². The number of nitrogens with one attached hydrogen (secondary N) is 1. The number of phenols is 1. The molecule has 0 radical (unpaired) electrons. The first kappa shape index (κ1) is 19.6. The molecule has 5 heteroatoms. The Morgan fingerprint density at radius 1 is 0.900 bits per heavy atom. The van der Waals surface area contributed by atoms with Crippen LogP contribution in [0.5, 0.6) is 17.2 Å². The van der Waals surface area contributed by atoms with Crippen molar-refractivity contribution in [3.63, 3.8) is 0 Å². The summed E-state index contributed by atoms with van der Waals surface area (Å²) in [4.78, 5) is 0. The van der Waals surface area contributed by atoms with Crippen LogP contribution in [-0.4, -0.2) is 22.4 Å². The molecule has 1 heterocycles. The number of methoxy groups -OCH3 is 1. The third-order valence-electron chi connectivity index (χ3n) is 5.08. The largest absolute Gasteiger partial charge is 0.507 e. The van der Waals surface area contributed by atoms with Crippen molar-refractivity contribution in [2.75, 3.05) is 7.11 Å². The SMILES string of the molecule is COc1ccc(-c2c(-c3ccc(OCc4ccc(C)cc4)cc3O)n[nH]c2C)cc1. The summed E-state index contributed by atoms with van der Waals surface area (Å²) in [6.45, 7) is 4.46. The molecule has 30 heavy (non-hydrogen) atoms. The summed E-state index contributed by atoms with van der Waals surface area (Å²) in [5, 5.41) is 18.2. The Morgan fingerprint density at radius 2 is 1.60 bits per heavy atom. The maximum atomic E-state index is 10.7. The van der Waals surface area contributed by atoms with E-state index in [-0.39, 0.29) is 5.75 Å². The zero-order valence-electron chi connectivity index (χ0n) is 17.3. The first-order valence-corrected chi connectivity index (χ1v) is 9.76. The normalized spacial score (nSPS) is 10.8. The fourth-order valence-electron chi connectivity index (χ4n) is 3.39. The molecule has 3 aromatic carbocycles. The molecule has 0 aliphatic carbocycles. The summed E-state index contributed by atoms with van der Waals surface area (Å²) < 4.78 is 11.1. The minimum atomic E-state index is 0.123. The average molecular weight is 400 g/mol. The lowest BCUT2D eigenvalue weighted by atomic mass is 9.98. The van der Waals surface area contributed by atoms with Gasteiger partial charge in [-0.25, -0.2) is 0 Å². The highest BCUT2D eigenvalue weighted by molar-refractivity contribution is 5.85. The number of aromatic nitrogens is 2. The van der Waals surface area contributed by atoms with E-state index in [1.807, 2.05) is 55.5 Å². The van der Waals surface area contributed by atoms with Crippen LogP contribution in [0.25, 0.3) is 22.4 Å². The van der Waals surface area contributed by atoms with Crippen LogP contribution in [0.4, 0.5) is 0 Å². The van der Waals surface area contributed by atoms with Gasteiger partial charge in [-0.15, -0.1) is 0 Å². The molecule has 1 aromatic heterocycles. The molecular weight excluding hydrogens is 376 g/mol. The fourth-order valence-corrected chi connectivity index (χ4v) is 3.39. The number of hydrogen-bond donors (Lipinski definition) is 2. The molecule has 0 bridgehead atoms. The van der Waals surface area contributed by atoms with Crippen molar-refractivity contribution >= 4 is 0 Å². The molecular formula is C25H24N2O3. The highest BCUT2D eigenvalue weighted by Gasteiger charge is 2.17. The van der Waals surface area contributed by atoms with Crippen molar-refractivity contribution < 1.29 is 14.6 Å². The van der Waals surface area contributed by atoms with Crippen LogP contribution < -0.4 is 9.47 Å². The Kier molecular flexibility index (Phi) is 5.44. The smallest absolute Gasteiger partial charge is 0.128 e. The molecule has 0 fully saturated rings. The van der Waals surface area contributed by atoms with Crippen LogP contribution >= 0.6 is 0 Å². The van der Waals surface area contributed by atoms with E-state index in [1.54, 1.807) is 13.2 Å². The van der Waals surface area contributed by atoms with Gasteiger partial charge in [0, 0.05) is 22.9 Å². The van der Waals surface area contributed by atoms with Gasteiger partial charge < -0.3 is 14.6 Å². The van der Waals surface area contributed by atoms with Crippen molar-refractivity contribution in [3.8, 4) is 39.6 Å². The second-order valence-corrected chi connectivity index (χ2v) is 7.25. The van der Waals surface area contributed by atoms with Gasteiger partial charge in [-0.1, -0.05) is 42.0 Å². The lowest BCUT2D eigenvalue weighted by Gasteiger charge is -2.10. The van der Waals surface area contributed by atoms with Crippen LogP contribution in [-0.2, 0) is 6.61 Å². The molecule has 0 saturated carbocycles. The number of aromatic hydroxyl groups is 1. The third-order valence-corrected chi connectivity index (χ3v) is 5.08. The Bertz CT molecular complexity index is 1150. The summed E-state index contributed by atoms with van der Waals surface area (Å²) in [5.41, 5.74) is 6.50. The van der Waals surface area contributed by atoms with Crippen molar-refractivity contribution in [2.24, 2.45) is 0 Å². The molecule has 0 unspecified atom stereocenters. The van der Waals surface area contributed by atoms with E-state index in [4.69, 9.17) is 9.47 Å². The molecule has 0 saturated heterocycles. The number of nitrogens with zero attached hydrogens (tertiary/aromatic N) is 1. The summed E-state index contributed by atoms with van der Waals surface area (Å²) in [5.74, 6) is 1.52. The van der Waals surface area contributed by atoms with Crippen LogP contribution in [0, 0.1) is 13.8 Å². The molecule has 2 N–H and O–H groups in total. The van der Waals surface area contributed by atoms with Gasteiger partial charge in [-0.3, -0.25) is 5.10 Å². The minimum Gasteiger partial charge on any atom is -0.507 e. The van der Waals surface area contributed by atoms with Crippen LogP contribution in [0.1, 0.15) is 16.8 Å². The number of ether oxygens (including phenoxy) is 2. The van der Waals surface area contributed by atoms with Crippen molar-refractivity contribution in [1.82, 2.24) is 10.2 Å². The second kappa shape index (κ2) is 8.33. The molecule has 0 amide bonds. The molecule has 0 aliphatic heterocycles. The number of aryl methyl sites for hydroxylation is 2. The van der Waals surface area contributed by atoms with E-state index in [2.05, 4.69) is 29.3 Å². The van der Waals surface area contributed by atoms with E-state index in [1.165, 1.54) is 5.56 Å². The highest BCUT2D eigenvalue weighted by atomic mass is 16.5. The summed E-state index contributed by atoms with van der Waals surface area (Å²) >= 11 is 0. The molecule has 0 atom stereocenters. The molecule has 4 rings (SSSR count). The highest BCUT2D eigenvalue weighted by Crippen LogP contribution is 2.39. The summed E-state index contributed by atoms with van der Waals surface area (Å²) in [7, 11) is 1.64. The van der Waals surface area contributed by atoms with Gasteiger partial charge >= 0.3 is 0 Å². The van der Waals surface area contributed by atoms with Gasteiger partial charge in [0.2, 0.25) is 0 Å². The number of H-pyrrole nitrogens is 1. The van der Waals surface area contributed by atoms with E-state index < -0.39 is 0 Å². The van der Waals surface area contributed by atoms with Crippen molar-refractivity contribution in [3.05, 3.63) is 83.6 Å². The molecule has 0 aliphatic rings. The van der Waals surface area contributed by atoms with Gasteiger partial charge in [0.25, 0.3) is 0 Å². The number of hydrogen-bond acceptors (Lipinski definition) is 4. The maximum absolute atomic E-state index is 10.7. The summed E-state index contributed by atoms with van der Waals surface area (Å²) in [6, 6.07) is 21.3. The first-order chi connectivity index (χ1) is 14.5. The molecule has 0 spiro atoms. The minimum absolute atomic E-state index is 0.123. The van der Waals surface area contributed by atoms with Crippen LogP contribution in [0.2, 0.25) is 0 Å². The quantitative estimate of drug-likeness (QED) is 0.439. The number of rotatable bonds is 6. The lowest BCUT2D eigenvalue weighted by molar-refractivity contribution is 0.304. The monoisotopic (exact) mass is 400 g/mol. The number of phenolic OH excluding ortho intramolecular Hbond substituents is 1. The number of benzene rings is 3. The van der Waals surface area contributed by atoms with Crippen LogP contribution in [0.15, 0.2) is 66.7 Å². The fraction of sp³-hybridized carbons (Fsp3) is 0.160. The summed E-state index contributed by atoms with van der Waals surface area (Å²) in [6.07, 6.45) is 0. The Hall–Kier alpha value is -3.73. The van der Waals surface area contributed by atoms with E-state index in [9.17, 15) is 5.11 Å². The maximum Gasteiger partial charge on any atom is 0.128 e. The topological polar surface area (TPSA) is 67.4 Å².